The average Bonchev–Trinajstić information content (AvgIpc) is 2.86. The second-order valence-corrected chi connectivity index (χ2v) is 13.4. The number of piperidine rings is 2. The Balaban J connectivity index is 1.56. The zero-order chi connectivity index (χ0) is 28.6. The molecule has 2 aliphatic rings. The van der Waals surface area contributed by atoms with Gasteiger partial charge in [0, 0.05) is 44.4 Å². The van der Waals surface area contributed by atoms with E-state index in [9.17, 15) is 9.59 Å². The fraction of sp³-hybridized carbons (Fsp3) is 0.733. The first kappa shape index (κ1) is 31.4. The van der Waals surface area contributed by atoms with Gasteiger partial charge in [-0.3, -0.25) is 0 Å². The van der Waals surface area contributed by atoms with Gasteiger partial charge in [-0.05, 0) is 90.8 Å². The Morgan fingerprint density at radius 3 is 1.90 bits per heavy atom. The molecule has 0 unspecified atom stereocenters. The van der Waals surface area contributed by atoms with Crippen LogP contribution >= 0.6 is 15.9 Å². The summed E-state index contributed by atoms with van der Waals surface area (Å²) < 4.78 is 23.8. The van der Waals surface area contributed by atoms with E-state index in [4.69, 9.17) is 18.9 Å². The average molecular weight is 612 g/mol. The summed E-state index contributed by atoms with van der Waals surface area (Å²) in [6.07, 6.45) is 4.76. The van der Waals surface area contributed by atoms with Gasteiger partial charge in [-0.15, -0.1) is 0 Å². The number of rotatable bonds is 8. The molecular formula is C30H47BrN2O6. The maximum Gasteiger partial charge on any atom is 0.410 e. The summed E-state index contributed by atoms with van der Waals surface area (Å²) in [5, 5.41) is 0.952. The lowest BCUT2D eigenvalue weighted by molar-refractivity contribution is 0.0123. The lowest BCUT2D eigenvalue weighted by Crippen LogP contribution is -2.44. The molecule has 0 atom stereocenters. The fourth-order valence-electron chi connectivity index (χ4n) is 4.67. The van der Waals surface area contributed by atoms with Crippen LogP contribution in [0.1, 0.15) is 79.2 Å². The third-order valence-corrected chi connectivity index (χ3v) is 7.30. The molecule has 3 rings (SSSR count). The molecule has 1 aromatic rings. The van der Waals surface area contributed by atoms with E-state index in [2.05, 4.69) is 28.1 Å². The summed E-state index contributed by atoms with van der Waals surface area (Å²) in [5.41, 5.74) is 0.232. The first-order valence-electron chi connectivity index (χ1n) is 14.3. The summed E-state index contributed by atoms with van der Waals surface area (Å²) in [6.45, 7) is 14.5. The highest BCUT2D eigenvalue weighted by Gasteiger charge is 2.29. The van der Waals surface area contributed by atoms with Crippen molar-refractivity contribution in [3.8, 4) is 11.5 Å². The number of carbonyl (C=O) groups is 2. The van der Waals surface area contributed by atoms with Gasteiger partial charge in [-0.2, -0.15) is 0 Å². The Morgan fingerprint density at radius 1 is 0.846 bits per heavy atom. The number of aryl methyl sites for hydroxylation is 1. The Labute approximate surface area is 242 Å². The molecule has 1 aromatic carbocycles. The summed E-state index contributed by atoms with van der Waals surface area (Å²) in [5.74, 6) is 1.88. The van der Waals surface area contributed by atoms with Crippen molar-refractivity contribution >= 4 is 28.1 Å². The molecule has 9 heteroatoms. The number of ether oxygens (including phenoxy) is 4. The van der Waals surface area contributed by atoms with Crippen LogP contribution in [-0.2, 0) is 15.9 Å². The predicted molar refractivity (Wildman–Crippen MR) is 156 cm³/mol. The standard InChI is InChI=1S/C30H47BrN2O6/c1-29(2,3)38-27(34)32-16-11-23(12-17-32)21-36-26-20-22(8-7-15-31)9-10-25(26)37-24-13-18-33(19-14-24)28(35)39-30(4,5)6/h9-10,20,23-24H,7-8,11-19,21H2,1-6H3. The molecule has 0 aromatic heterocycles. The first-order valence-corrected chi connectivity index (χ1v) is 15.4. The first-order chi connectivity index (χ1) is 18.3. The minimum atomic E-state index is -0.500. The van der Waals surface area contributed by atoms with Crippen molar-refractivity contribution in [3.05, 3.63) is 23.8 Å². The van der Waals surface area contributed by atoms with Crippen LogP contribution in [0.5, 0.6) is 11.5 Å². The number of amides is 2. The maximum atomic E-state index is 12.4. The molecule has 0 aliphatic carbocycles. The molecule has 0 N–H and O–H groups in total. The van der Waals surface area contributed by atoms with E-state index in [1.54, 1.807) is 9.80 Å². The van der Waals surface area contributed by atoms with Gasteiger partial charge in [0.25, 0.3) is 0 Å². The van der Waals surface area contributed by atoms with Gasteiger partial charge in [-0.25, -0.2) is 9.59 Å². The molecule has 0 saturated carbocycles. The SMILES string of the molecule is CC(C)(C)OC(=O)N1CCC(COc2cc(CCCBr)ccc2OC2CCN(C(=O)OC(C)(C)C)CC2)CC1. The molecule has 0 radical (unpaired) electrons. The Bertz CT molecular complexity index is 942. The maximum absolute atomic E-state index is 12.4. The highest BCUT2D eigenvalue weighted by molar-refractivity contribution is 9.09. The van der Waals surface area contributed by atoms with Crippen LogP contribution in [0.25, 0.3) is 0 Å². The molecule has 2 saturated heterocycles. The van der Waals surface area contributed by atoms with E-state index in [-0.39, 0.29) is 18.3 Å². The van der Waals surface area contributed by atoms with Gasteiger partial charge in [-0.1, -0.05) is 22.0 Å². The molecule has 2 amide bonds. The Hall–Kier alpha value is -2.16. The van der Waals surface area contributed by atoms with E-state index in [0.717, 1.165) is 55.4 Å². The van der Waals surface area contributed by atoms with Crippen molar-refractivity contribution in [3.63, 3.8) is 0 Å². The van der Waals surface area contributed by atoms with E-state index >= 15 is 0 Å². The van der Waals surface area contributed by atoms with Crippen molar-refractivity contribution in [1.29, 1.82) is 0 Å². The highest BCUT2D eigenvalue weighted by Crippen LogP contribution is 2.33. The van der Waals surface area contributed by atoms with Crippen molar-refractivity contribution < 1.29 is 28.5 Å². The van der Waals surface area contributed by atoms with E-state index in [0.29, 0.717) is 38.7 Å². The smallest absolute Gasteiger partial charge is 0.410 e. The quantitative estimate of drug-likeness (QED) is 0.301. The third-order valence-electron chi connectivity index (χ3n) is 6.74. The zero-order valence-electron chi connectivity index (χ0n) is 24.6. The van der Waals surface area contributed by atoms with Gasteiger partial charge in [0.1, 0.15) is 17.3 Å². The molecule has 39 heavy (non-hydrogen) atoms. The number of nitrogens with zero attached hydrogens (tertiary/aromatic N) is 2. The Kier molecular flexibility index (Phi) is 11.2. The predicted octanol–water partition coefficient (Wildman–Crippen LogP) is 6.82. The zero-order valence-corrected chi connectivity index (χ0v) is 26.2. The number of hydrogen-bond donors (Lipinski definition) is 0. The number of alkyl halides is 1. The van der Waals surface area contributed by atoms with Crippen molar-refractivity contribution in [1.82, 2.24) is 9.80 Å². The molecular weight excluding hydrogens is 564 g/mol. The lowest BCUT2D eigenvalue weighted by Gasteiger charge is -2.34. The molecule has 8 nitrogen and oxygen atoms in total. The van der Waals surface area contributed by atoms with Gasteiger partial charge >= 0.3 is 12.2 Å². The number of halogens is 1. The third kappa shape index (κ3) is 10.7. The van der Waals surface area contributed by atoms with Crippen LogP contribution in [0.3, 0.4) is 0 Å². The van der Waals surface area contributed by atoms with Gasteiger partial charge in [0.2, 0.25) is 0 Å². The van der Waals surface area contributed by atoms with Gasteiger partial charge in [0.05, 0.1) is 6.61 Å². The van der Waals surface area contributed by atoms with Crippen molar-refractivity contribution in [2.45, 2.75) is 97.4 Å². The number of benzene rings is 1. The molecule has 2 heterocycles. The van der Waals surface area contributed by atoms with E-state index in [1.165, 1.54) is 5.56 Å². The Morgan fingerprint density at radius 2 is 1.38 bits per heavy atom. The van der Waals surface area contributed by atoms with Crippen LogP contribution in [0.2, 0.25) is 0 Å². The largest absolute Gasteiger partial charge is 0.489 e. The molecule has 2 aliphatic heterocycles. The molecule has 220 valence electrons. The second kappa shape index (κ2) is 14.0. The number of hydrogen-bond acceptors (Lipinski definition) is 6. The lowest BCUT2D eigenvalue weighted by atomic mass is 9.98. The summed E-state index contributed by atoms with van der Waals surface area (Å²) in [4.78, 5) is 28.4. The second-order valence-electron chi connectivity index (χ2n) is 12.6. The molecule has 0 spiro atoms. The van der Waals surface area contributed by atoms with Crippen LogP contribution < -0.4 is 9.47 Å². The van der Waals surface area contributed by atoms with Gasteiger partial charge in [0.15, 0.2) is 11.5 Å². The minimum absolute atomic E-state index is 0.0106. The summed E-state index contributed by atoms with van der Waals surface area (Å²) in [6, 6.07) is 6.23. The monoisotopic (exact) mass is 610 g/mol. The minimum Gasteiger partial charge on any atom is -0.489 e. The van der Waals surface area contributed by atoms with Crippen LogP contribution in [0, 0.1) is 5.92 Å². The van der Waals surface area contributed by atoms with Crippen LogP contribution in [0.4, 0.5) is 9.59 Å². The molecule has 0 bridgehead atoms. The topological polar surface area (TPSA) is 77.5 Å². The number of carbonyl (C=O) groups excluding carboxylic acids is 2. The van der Waals surface area contributed by atoms with E-state index < -0.39 is 11.2 Å². The highest BCUT2D eigenvalue weighted by atomic mass is 79.9. The van der Waals surface area contributed by atoms with Crippen molar-refractivity contribution in [2.75, 3.05) is 38.1 Å². The number of likely N-dealkylation sites (tertiary alicyclic amines) is 2. The van der Waals surface area contributed by atoms with Crippen molar-refractivity contribution in [2.24, 2.45) is 5.92 Å². The van der Waals surface area contributed by atoms with Crippen LogP contribution in [0.15, 0.2) is 18.2 Å². The molecule has 2 fully saturated rings. The van der Waals surface area contributed by atoms with E-state index in [1.807, 2.05) is 47.6 Å². The van der Waals surface area contributed by atoms with Crippen LogP contribution in [-0.4, -0.2) is 77.4 Å². The van der Waals surface area contributed by atoms with Gasteiger partial charge < -0.3 is 28.7 Å². The summed E-state index contributed by atoms with van der Waals surface area (Å²) >= 11 is 3.52. The normalized spacial score (nSPS) is 17.6. The fourth-order valence-corrected chi connectivity index (χ4v) is 4.95. The summed E-state index contributed by atoms with van der Waals surface area (Å²) in [7, 11) is 0.